The summed E-state index contributed by atoms with van der Waals surface area (Å²) in [5.41, 5.74) is 1.62. The van der Waals surface area contributed by atoms with Crippen molar-refractivity contribution in [1.82, 2.24) is 14.6 Å². The standard InChI is InChI=1S/C14H18N4O/c1-9(2)13-17-16-12-7-6-11(8-18(12)13)15-14(19)10-4-3-5-10/h6-10H,3-5H2,1-2H3,(H,15,19). The molecule has 100 valence electrons. The minimum Gasteiger partial charge on any atom is -0.325 e. The SMILES string of the molecule is CC(C)c1nnc2ccc(NC(=O)C3CCC3)cn12. The molecule has 1 fully saturated rings. The number of carbonyl (C=O) groups excluding carboxylic acids is 1. The van der Waals surface area contributed by atoms with Gasteiger partial charge in [-0.3, -0.25) is 9.20 Å². The maximum absolute atomic E-state index is 11.9. The molecule has 5 heteroatoms. The lowest BCUT2D eigenvalue weighted by atomic mass is 9.85. The maximum atomic E-state index is 11.9. The molecule has 3 rings (SSSR count). The second-order valence-electron chi connectivity index (χ2n) is 5.48. The van der Waals surface area contributed by atoms with Gasteiger partial charge in [-0.15, -0.1) is 10.2 Å². The zero-order valence-electron chi connectivity index (χ0n) is 11.3. The average molecular weight is 258 g/mol. The first kappa shape index (κ1) is 12.1. The highest BCUT2D eigenvalue weighted by atomic mass is 16.1. The van der Waals surface area contributed by atoms with Crippen molar-refractivity contribution in [3.63, 3.8) is 0 Å². The first-order valence-electron chi connectivity index (χ1n) is 6.80. The summed E-state index contributed by atoms with van der Waals surface area (Å²) in [7, 11) is 0. The third kappa shape index (κ3) is 2.20. The van der Waals surface area contributed by atoms with Crippen LogP contribution in [-0.2, 0) is 4.79 Å². The van der Waals surface area contributed by atoms with E-state index in [9.17, 15) is 4.79 Å². The molecule has 1 saturated carbocycles. The molecule has 1 amide bonds. The van der Waals surface area contributed by atoms with Crippen LogP contribution in [0.4, 0.5) is 5.69 Å². The van der Waals surface area contributed by atoms with Gasteiger partial charge in [-0.1, -0.05) is 20.3 Å². The Morgan fingerprint density at radius 1 is 1.37 bits per heavy atom. The van der Waals surface area contributed by atoms with Crippen LogP contribution in [0.5, 0.6) is 0 Å². The highest BCUT2D eigenvalue weighted by Crippen LogP contribution is 2.27. The van der Waals surface area contributed by atoms with Gasteiger partial charge in [0.05, 0.1) is 5.69 Å². The number of amides is 1. The monoisotopic (exact) mass is 258 g/mol. The van der Waals surface area contributed by atoms with Crippen LogP contribution in [0.2, 0.25) is 0 Å². The Morgan fingerprint density at radius 3 is 2.79 bits per heavy atom. The molecule has 0 atom stereocenters. The highest BCUT2D eigenvalue weighted by Gasteiger charge is 2.25. The number of rotatable bonds is 3. The van der Waals surface area contributed by atoms with E-state index in [1.165, 1.54) is 6.42 Å². The van der Waals surface area contributed by atoms with Crippen LogP contribution in [0.25, 0.3) is 5.65 Å². The fourth-order valence-electron chi connectivity index (χ4n) is 2.29. The molecule has 2 aromatic heterocycles. The molecular weight excluding hydrogens is 240 g/mol. The Balaban J connectivity index is 1.87. The molecule has 0 saturated heterocycles. The lowest BCUT2D eigenvalue weighted by Gasteiger charge is -2.24. The number of hydrogen-bond donors (Lipinski definition) is 1. The largest absolute Gasteiger partial charge is 0.325 e. The lowest BCUT2D eigenvalue weighted by Crippen LogP contribution is -2.28. The topological polar surface area (TPSA) is 59.3 Å². The number of carbonyl (C=O) groups is 1. The molecule has 0 bridgehead atoms. The number of nitrogens with one attached hydrogen (secondary N) is 1. The second-order valence-corrected chi connectivity index (χ2v) is 5.48. The number of hydrogen-bond acceptors (Lipinski definition) is 3. The fraction of sp³-hybridized carbons (Fsp3) is 0.500. The van der Waals surface area contributed by atoms with Crippen LogP contribution in [-0.4, -0.2) is 20.5 Å². The van der Waals surface area contributed by atoms with E-state index in [0.717, 1.165) is 30.0 Å². The van der Waals surface area contributed by atoms with Crippen molar-refractivity contribution in [2.75, 3.05) is 5.32 Å². The molecule has 0 spiro atoms. The zero-order chi connectivity index (χ0) is 13.4. The predicted molar refractivity (Wildman–Crippen MR) is 73.0 cm³/mol. The van der Waals surface area contributed by atoms with Gasteiger partial charge >= 0.3 is 0 Å². The van der Waals surface area contributed by atoms with Crippen LogP contribution in [0.1, 0.15) is 44.9 Å². The smallest absolute Gasteiger partial charge is 0.227 e. The summed E-state index contributed by atoms with van der Waals surface area (Å²) in [6, 6.07) is 3.76. The van der Waals surface area contributed by atoms with Crippen LogP contribution in [0, 0.1) is 5.92 Å². The predicted octanol–water partition coefficient (Wildman–Crippen LogP) is 2.59. The summed E-state index contributed by atoms with van der Waals surface area (Å²) in [6.45, 7) is 4.16. The summed E-state index contributed by atoms with van der Waals surface area (Å²) in [6.07, 6.45) is 5.09. The zero-order valence-corrected chi connectivity index (χ0v) is 11.3. The highest BCUT2D eigenvalue weighted by molar-refractivity contribution is 5.93. The van der Waals surface area contributed by atoms with E-state index in [1.807, 2.05) is 22.7 Å². The molecule has 19 heavy (non-hydrogen) atoms. The van der Waals surface area contributed by atoms with E-state index in [2.05, 4.69) is 29.4 Å². The van der Waals surface area contributed by atoms with Crippen molar-refractivity contribution >= 4 is 17.2 Å². The van der Waals surface area contributed by atoms with Gasteiger partial charge in [0.15, 0.2) is 5.65 Å². The summed E-state index contributed by atoms with van der Waals surface area (Å²) < 4.78 is 1.95. The van der Waals surface area contributed by atoms with Crippen molar-refractivity contribution in [3.8, 4) is 0 Å². The number of nitrogens with zero attached hydrogens (tertiary/aromatic N) is 3. The van der Waals surface area contributed by atoms with Gasteiger partial charge in [0, 0.05) is 18.0 Å². The van der Waals surface area contributed by atoms with E-state index >= 15 is 0 Å². The van der Waals surface area contributed by atoms with Gasteiger partial charge in [0.25, 0.3) is 0 Å². The molecular formula is C14H18N4O. The number of aromatic nitrogens is 3. The number of anilines is 1. The van der Waals surface area contributed by atoms with E-state index in [4.69, 9.17) is 0 Å². The molecule has 1 aliphatic rings. The van der Waals surface area contributed by atoms with Gasteiger partial charge in [0.1, 0.15) is 5.82 Å². The van der Waals surface area contributed by atoms with E-state index in [1.54, 1.807) is 0 Å². The quantitative estimate of drug-likeness (QED) is 0.920. The molecule has 5 nitrogen and oxygen atoms in total. The van der Waals surface area contributed by atoms with Gasteiger partial charge < -0.3 is 5.32 Å². The van der Waals surface area contributed by atoms with Crippen molar-refractivity contribution in [2.24, 2.45) is 5.92 Å². The summed E-state index contributed by atoms with van der Waals surface area (Å²) >= 11 is 0. The Kier molecular flexibility index (Phi) is 2.97. The molecule has 1 aliphatic carbocycles. The summed E-state index contributed by atoms with van der Waals surface area (Å²) in [5.74, 6) is 1.54. The minimum absolute atomic E-state index is 0.129. The molecule has 0 aliphatic heterocycles. The van der Waals surface area contributed by atoms with Crippen LogP contribution in [0.15, 0.2) is 18.3 Å². The van der Waals surface area contributed by atoms with E-state index < -0.39 is 0 Å². The molecule has 2 heterocycles. The Hall–Kier alpha value is -1.91. The molecule has 0 aromatic carbocycles. The van der Waals surface area contributed by atoms with Crippen molar-refractivity contribution < 1.29 is 4.79 Å². The van der Waals surface area contributed by atoms with Gasteiger partial charge in [-0.2, -0.15) is 0 Å². The maximum Gasteiger partial charge on any atom is 0.227 e. The van der Waals surface area contributed by atoms with Crippen LogP contribution < -0.4 is 5.32 Å². The Labute approximate surface area is 112 Å². The second kappa shape index (κ2) is 4.64. The first-order valence-corrected chi connectivity index (χ1v) is 6.80. The third-order valence-electron chi connectivity index (χ3n) is 3.69. The fourth-order valence-corrected chi connectivity index (χ4v) is 2.29. The molecule has 1 N–H and O–H groups in total. The Morgan fingerprint density at radius 2 is 2.16 bits per heavy atom. The normalized spacial score (nSPS) is 15.7. The van der Waals surface area contributed by atoms with Crippen LogP contribution in [0.3, 0.4) is 0 Å². The molecule has 0 unspecified atom stereocenters. The van der Waals surface area contributed by atoms with Gasteiger partial charge in [0.2, 0.25) is 5.91 Å². The minimum atomic E-state index is 0.129. The van der Waals surface area contributed by atoms with Crippen LogP contribution >= 0.6 is 0 Å². The Bertz CT molecular complexity index is 613. The molecule has 2 aromatic rings. The van der Waals surface area contributed by atoms with Gasteiger partial charge in [-0.25, -0.2) is 0 Å². The van der Waals surface area contributed by atoms with E-state index in [0.29, 0.717) is 5.92 Å². The lowest BCUT2D eigenvalue weighted by molar-refractivity contribution is -0.122. The van der Waals surface area contributed by atoms with Crippen molar-refractivity contribution in [1.29, 1.82) is 0 Å². The summed E-state index contributed by atoms with van der Waals surface area (Å²) in [5, 5.41) is 11.3. The van der Waals surface area contributed by atoms with Crippen molar-refractivity contribution in [3.05, 3.63) is 24.2 Å². The first-order chi connectivity index (χ1) is 9.15. The number of pyridine rings is 1. The van der Waals surface area contributed by atoms with E-state index in [-0.39, 0.29) is 11.8 Å². The summed E-state index contributed by atoms with van der Waals surface area (Å²) in [4.78, 5) is 11.9. The van der Waals surface area contributed by atoms with Gasteiger partial charge in [-0.05, 0) is 25.0 Å². The average Bonchev–Trinajstić information content (AvgIpc) is 2.69. The van der Waals surface area contributed by atoms with Crippen molar-refractivity contribution in [2.45, 2.75) is 39.0 Å². The molecule has 0 radical (unpaired) electrons. The third-order valence-corrected chi connectivity index (χ3v) is 3.69. The number of fused-ring (bicyclic) bond motifs is 1.